The van der Waals surface area contributed by atoms with Crippen LogP contribution in [0.15, 0.2) is 30.3 Å². The zero-order valence-corrected chi connectivity index (χ0v) is 11.7. The predicted octanol–water partition coefficient (Wildman–Crippen LogP) is 3.35. The van der Waals surface area contributed by atoms with Crippen LogP contribution in [0, 0.1) is 0 Å². The van der Waals surface area contributed by atoms with Crippen molar-refractivity contribution in [1.82, 2.24) is 4.90 Å². The van der Waals surface area contributed by atoms with Crippen LogP contribution in [0.5, 0.6) is 0 Å². The molecular formula is C17H25NO. The first-order chi connectivity index (χ1) is 9.28. The summed E-state index contributed by atoms with van der Waals surface area (Å²) in [5, 5.41) is 9.99. The molecule has 1 atom stereocenters. The van der Waals surface area contributed by atoms with Gasteiger partial charge in [-0.3, -0.25) is 4.90 Å². The Morgan fingerprint density at radius 1 is 1.05 bits per heavy atom. The quantitative estimate of drug-likeness (QED) is 0.880. The second-order valence-electron chi connectivity index (χ2n) is 6.32. The van der Waals surface area contributed by atoms with Crippen molar-refractivity contribution in [2.24, 2.45) is 0 Å². The van der Waals surface area contributed by atoms with E-state index in [0.717, 1.165) is 25.9 Å². The molecule has 1 saturated heterocycles. The minimum absolute atomic E-state index is 0.0850. The third kappa shape index (κ3) is 2.85. The van der Waals surface area contributed by atoms with Gasteiger partial charge in [0.05, 0.1) is 6.10 Å². The molecule has 2 heteroatoms. The van der Waals surface area contributed by atoms with Gasteiger partial charge in [0.25, 0.3) is 0 Å². The van der Waals surface area contributed by atoms with Gasteiger partial charge < -0.3 is 5.11 Å². The van der Waals surface area contributed by atoms with Crippen LogP contribution in [0.1, 0.15) is 50.5 Å². The SMILES string of the molecule is OC1CCN(Cc2ccccc2)C2(CCCC2)CC1. The first kappa shape index (κ1) is 13.1. The van der Waals surface area contributed by atoms with Gasteiger partial charge in [0.2, 0.25) is 0 Å². The molecule has 1 aliphatic heterocycles. The topological polar surface area (TPSA) is 23.5 Å². The van der Waals surface area contributed by atoms with Crippen molar-refractivity contribution >= 4 is 0 Å². The van der Waals surface area contributed by atoms with Crippen molar-refractivity contribution in [3.63, 3.8) is 0 Å². The summed E-state index contributed by atoms with van der Waals surface area (Å²) >= 11 is 0. The summed E-state index contributed by atoms with van der Waals surface area (Å²) in [5.41, 5.74) is 1.79. The zero-order valence-electron chi connectivity index (χ0n) is 11.7. The highest BCUT2D eigenvalue weighted by molar-refractivity contribution is 5.15. The van der Waals surface area contributed by atoms with E-state index in [1.807, 2.05) is 0 Å². The highest BCUT2D eigenvalue weighted by Crippen LogP contribution is 2.42. The van der Waals surface area contributed by atoms with Crippen LogP contribution in [0.25, 0.3) is 0 Å². The van der Waals surface area contributed by atoms with Crippen molar-refractivity contribution in [3.8, 4) is 0 Å². The predicted molar refractivity (Wildman–Crippen MR) is 77.9 cm³/mol. The lowest BCUT2D eigenvalue weighted by atomic mass is 9.89. The molecule has 104 valence electrons. The molecule has 1 aliphatic carbocycles. The summed E-state index contributed by atoms with van der Waals surface area (Å²) in [7, 11) is 0. The van der Waals surface area contributed by atoms with E-state index in [2.05, 4.69) is 35.2 Å². The van der Waals surface area contributed by atoms with E-state index in [9.17, 15) is 5.11 Å². The van der Waals surface area contributed by atoms with Crippen molar-refractivity contribution in [1.29, 1.82) is 0 Å². The Morgan fingerprint density at radius 3 is 2.53 bits per heavy atom. The lowest BCUT2D eigenvalue weighted by molar-refractivity contribution is 0.0853. The van der Waals surface area contributed by atoms with E-state index in [-0.39, 0.29) is 6.10 Å². The molecule has 1 spiro atoms. The Balaban J connectivity index is 1.79. The molecule has 1 aromatic carbocycles. The number of likely N-dealkylation sites (tertiary alicyclic amines) is 1. The van der Waals surface area contributed by atoms with E-state index < -0.39 is 0 Å². The highest BCUT2D eigenvalue weighted by Gasteiger charge is 2.40. The Morgan fingerprint density at radius 2 is 1.79 bits per heavy atom. The molecule has 0 radical (unpaired) electrons. The number of aliphatic hydroxyl groups is 1. The smallest absolute Gasteiger partial charge is 0.0553 e. The average Bonchev–Trinajstić information content (AvgIpc) is 2.86. The summed E-state index contributed by atoms with van der Waals surface area (Å²) < 4.78 is 0. The first-order valence-corrected chi connectivity index (χ1v) is 7.76. The van der Waals surface area contributed by atoms with Crippen molar-refractivity contribution < 1.29 is 5.11 Å². The monoisotopic (exact) mass is 259 g/mol. The van der Waals surface area contributed by atoms with Crippen LogP contribution in [-0.4, -0.2) is 28.2 Å². The molecule has 0 aromatic heterocycles. The minimum atomic E-state index is -0.0850. The molecular weight excluding hydrogens is 234 g/mol. The fourth-order valence-electron chi connectivity index (χ4n) is 3.93. The van der Waals surface area contributed by atoms with Crippen LogP contribution in [-0.2, 0) is 6.54 Å². The van der Waals surface area contributed by atoms with Crippen LogP contribution < -0.4 is 0 Å². The first-order valence-electron chi connectivity index (χ1n) is 7.76. The number of hydrogen-bond donors (Lipinski definition) is 1. The van der Waals surface area contributed by atoms with E-state index in [1.165, 1.54) is 37.7 Å². The van der Waals surface area contributed by atoms with Crippen molar-refractivity contribution in [3.05, 3.63) is 35.9 Å². The summed E-state index contributed by atoms with van der Waals surface area (Å²) in [6, 6.07) is 10.8. The van der Waals surface area contributed by atoms with Gasteiger partial charge in [-0.15, -0.1) is 0 Å². The van der Waals surface area contributed by atoms with Gasteiger partial charge in [-0.05, 0) is 37.7 Å². The third-order valence-electron chi connectivity index (χ3n) is 5.10. The van der Waals surface area contributed by atoms with Crippen LogP contribution in [0.3, 0.4) is 0 Å². The molecule has 0 bridgehead atoms. The molecule has 1 saturated carbocycles. The van der Waals surface area contributed by atoms with Gasteiger partial charge in [-0.25, -0.2) is 0 Å². The highest BCUT2D eigenvalue weighted by atomic mass is 16.3. The van der Waals surface area contributed by atoms with E-state index in [1.54, 1.807) is 0 Å². The van der Waals surface area contributed by atoms with E-state index in [4.69, 9.17) is 0 Å². The molecule has 2 fully saturated rings. The molecule has 1 unspecified atom stereocenters. The molecule has 1 N–H and O–H groups in total. The average molecular weight is 259 g/mol. The van der Waals surface area contributed by atoms with Crippen molar-refractivity contribution in [2.75, 3.05) is 6.54 Å². The standard InChI is InChI=1S/C17H25NO/c19-16-8-12-17(10-4-5-11-17)18(13-9-16)14-15-6-2-1-3-7-15/h1-3,6-7,16,19H,4-5,8-14H2. The lowest BCUT2D eigenvalue weighted by Gasteiger charge is -2.40. The maximum Gasteiger partial charge on any atom is 0.0553 e. The fraction of sp³-hybridized carbons (Fsp3) is 0.647. The van der Waals surface area contributed by atoms with Gasteiger partial charge >= 0.3 is 0 Å². The molecule has 1 heterocycles. The summed E-state index contributed by atoms with van der Waals surface area (Å²) in [4.78, 5) is 2.67. The van der Waals surface area contributed by atoms with E-state index >= 15 is 0 Å². The maximum atomic E-state index is 9.99. The molecule has 0 amide bonds. The van der Waals surface area contributed by atoms with Gasteiger partial charge in [0.1, 0.15) is 0 Å². The van der Waals surface area contributed by atoms with Crippen LogP contribution >= 0.6 is 0 Å². The Bertz CT molecular complexity index is 397. The normalized spacial score (nSPS) is 27.5. The second kappa shape index (κ2) is 5.64. The largest absolute Gasteiger partial charge is 0.393 e. The fourth-order valence-corrected chi connectivity index (χ4v) is 3.93. The number of nitrogens with zero attached hydrogens (tertiary/aromatic N) is 1. The number of aliphatic hydroxyl groups excluding tert-OH is 1. The maximum absolute atomic E-state index is 9.99. The molecule has 1 aromatic rings. The summed E-state index contributed by atoms with van der Waals surface area (Å²) in [6.45, 7) is 2.10. The second-order valence-corrected chi connectivity index (χ2v) is 6.32. The van der Waals surface area contributed by atoms with Crippen LogP contribution in [0.4, 0.5) is 0 Å². The van der Waals surface area contributed by atoms with Gasteiger partial charge in [0, 0.05) is 18.6 Å². The van der Waals surface area contributed by atoms with Gasteiger partial charge in [-0.2, -0.15) is 0 Å². The number of hydrogen-bond acceptors (Lipinski definition) is 2. The number of benzene rings is 1. The van der Waals surface area contributed by atoms with Crippen molar-refractivity contribution in [2.45, 2.75) is 63.1 Å². The molecule has 2 nitrogen and oxygen atoms in total. The Kier molecular flexibility index (Phi) is 3.90. The van der Waals surface area contributed by atoms with Gasteiger partial charge in [0.15, 0.2) is 0 Å². The minimum Gasteiger partial charge on any atom is -0.393 e. The van der Waals surface area contributed by atoms with Crippen LogP contribution in [0.2, 0.25) is 0 Å². The Hall–Kier alpha value is -0.860. The Labute approximate surface area is 116 Å². The number of rotatable bonds is 2. The lowest BCUT2D eigenvalue weighted by Crippen LogP contribution is -2.45. The summed E-state index contributed by atoms with van der Waals surface area (Å²) in [5.74, 6) is 0. The third-order valence-corrected chi connectivity index (χ3v) is 5.10. The molecule has 3 rings (SSSR count). The summed E-state index contributed by atoms with van der Waals surface area (Å²) in [6.07, 6.45) is 8.40. The van der Waals surface area contributed by atoms with Gasteiger partial charge in [-0.1, -0.05) is 43.2 Å². The van der Waals surface area contributed by atoms with E-state index in [0.29, 0.717) is 5.54 Å². The molecule has 19 heavy (non-hydrogen) atoms. The zero-order chi connectivity index (χ0) is 13.1. The molecule has 2 aliphatic rings.